The number of nitrogens with one attached hydrogen (secondary N) is 1. The molecule has 1 aromatic heterocycles. The van der Waals surface area contributed by atoms with Crippen LogP contribution < -0.4 is 0 Å². The van der Waals surface area contributed by atoms with Gasteiger partial charge in [-0.15, -0.1) is 0 Å². The summed E-state index contributed by atoms with van der Waals surface area (Å²) in [5, 5.41) is 0.126. The SMILES string of the molecule is CN1CCC(CCn2c(=S)[nH]c3cc(Cl)c(F)cc32)CC1. The molecule has 2 aromatic rings. The topological polar surface area (TPSA) is 24.0 Å². The van der Waals surface area contributed by atoms with Gasteiger partial charge in [-0.25, -0.2) is 4.39 Å². The van der Waals surface area contributed by atoms with E-state index in [-0.39, 0.29) is 5.02 Å². The largest absolute Gasteiger partial charge is 0.331 e. The van der Waals surface area contributed by atoms with Crippen LogP contribution in [0.3, 0.4) is 0 Å². The average Bonchev–Trinajstić information content (AvgIpc) is 2.74. The first kappa shape index (κ1) is 15.0. The number of likely N-dealkylation sites (tertiary alicyclic amines) is 1. The quantitative estimate of drug-likeness (QED) is 0.853. The Morgan fingerprint density at radius 2 is 2.10 bits per heavy atom. The number of aromatic amines is 1. The summed E-state index contributed by atoms with van der Waals surface area (Å²) in [6.07, 6.45) is 3.54. The second-order valence-corrected chi connectivity index (χ2v) is 6.69. The van der Waals surface area contributed by atoms with Gasteiger partial charge in [0, 0.05) is 12.6 Å². The Morgan fingerprint density at radius 1 is 1.38 bits per heavy atom. The number of H-pyrrole nitrogens is 1. The van der Waals surface area contributed by atoms with E-state index in [9.17, 15) is 4.39 Å². The minimum Gasteiger partial charge on any atom is -0.331 e. The minimum atomic E-state index is -0.397. The monoisotopic (exact) mass is 327 g/mol. The van der Waals surface area contributed by atoms with E-state index in [4.69, 9.17) is 23.8 Å². The molecule has 21 heavy (non-hydrogen) atoms. The molecule has 0 radical (unpaired) electrons. The first-order chi connectivity index (χ1) is 10.0. The van der Waals surface area contributed by atoms with Crippen molar-refractivity contribution in [2.45, 2.75) is 25.8 Å². The zero-order valence-corrected chi connectivity index (χ0v) is 13.6. The Labute approximate surface area is 133 Å². The highest BCUT2D eigenvalue weighted by Gasteiger charge is 2.17. The van der Waals surface area contributed by atoms with Crippen molar-refractivity contribution in [3.63, 3.8) is 0 Å². The zero-order valence-electron chi connectivity index (χ0n) is 12.0. The number of aromatic nitrogens is 2. The fourth-order valence-corrected chi connectivity index (χ4v) is 3.50. The Bertz CT molecular complexity index is 701. The van der Waals surface area contributed by atoms with Gasteiger partial charge < -0.3 is 14.5 Å². The van der Waals surface area contributed by atoms with Crippen molar-refractivity contribution in [2.24, 2.45) is 5.92 Å². The predicted octanol–water partition coefficient (Wildman–Crippen LogP) is 4.22. The van der Waals surface area contributed by atoms with Crippen LogP contribution in [0.1, 0.15) is 19.3 Å². The summed E-state index contributed by atoms with van der Waals surface area (Å²) >= 11 is 11.2. The van der Waals surface area contributed by atoms with Crippen molar-refractivity contribution in [3.8, 4) is 0 Å². The Balaban J connectivity index is 1.79. The summed E-state index contributed by atoms with van der Waals surface area (Å²) in [6.45, 7) is 3.15. The highest BCUT2D eigenvalue weighted by atomic mass is 35.5. The van der Waals surface area contributed by atoms with Gasteiger partial charge in [-0.1, -0.05) is 11.6 Å². The highest BCUT2D eigenvalue weighted by molar-refractivity contribution is 7.71. The highest BCUT2D eigenvalue weighted by Crippen LogP contribution is 2.25. The summed E-state index contributed by atoms with van der Waals surface area (Å²) in [5.74, 6) is 0.330. The van der Waals surface area contributed by atoms with E-state index >= 15 is 0 Å². The third kappa shape index (κ3) is 3.15. The number of halogens is 2. The molecule has 2 heterocycles. The molecule has 0 spiro atoms. The normalized spacial score (nSPS) is 17.7. The van der Waals surface area contributed by atoms with Gasteiger partial charge in [-0.2, -0.15) is 0 Å². The standard InChI is InChI=1S/C15H19ClFN3S/c1-19-5-2-10(3-6-19)4-7-20-14-9-12(17)11(16)8-13(14)18-15(20)21/h8-10H,2-7H2,1H3,(H,18,21). The van der Waals surface area contributed by atoms with Crippen molar-refractivity contribution in [3.05, 3.63) is 27.7 Å². The molecule has 3 rings (SSSR count). The van der Waals surface area contributed by atoms with E-state index in [0.29, 0.717) is 4.77 Å². The number of piperidine rings is 1. The van der Waals surface area contributed by atoms with Crippen LogP contribution in [0.25, 0.3) is 11.0 Å². The second kappa shape index (κ2) is 6.07. The lowest BCUT2D eigenvalue weighted by Crippen LogP contribution is -2.30. The first-order valence-corrected chi connectivity index (χ1v) is 8.09. The van der Waals surface area contributed by atoms with Crippen molar-refractivity contribution in [1.82, 2.24) is 14.5 Å². The number of hydrogen-bond donors (Lipinski definition) is 1. The summed E-state index contributed by atoms with van der Waals surface area (Å²) in [5.41, 5.74) is 1.60. The number of fused-ring (bicyclic) bond motifs is 1. The van der Waals surface area contributed by atoms with Gasteiger partial charge >= 0.3 is 0 Å². The second-order valence-electron chi connectivity index (χ2n) is 5.90. The third-order valence-corrected chi connectivity index (χ3v) is 5.03. The number of nitrogens with zero attached hydrogens (tertiary/aromatic N) is 2. The molecule has 1 aliphatic heterocycles. The van der Waals surface area contributed by atoms with Crippen molar-refractivity contribution in [1.29, 1.82) is 0 Å². The smallest absolute Gasteiger partial charge is 0.178 e. The molecule has 1 aromatic carbocycles. The molecule has 1 N–H and O–H groups in total. The van der Waals surface area contributed by atoms with E-state index in [1.54, 1.807) is 6.07 Å². The van der Waals surface area contributed by atoms with Gasteiger partial charge in [0.2, 0.25) is 0 Å². The minimum absolute atomic E-state index is 0.126. The van der Waals surface area contributed by atoms with E-state index in [1.807, 2.05) is 4.57 Å². The number of hydrogen-bond acceptors (Lipinski definition) is 2. The van der Waals surface area contributed by atoms with E-state index in [0.717, 1.165) is 43.0 Å². The van der Waals surface area contributed by atoms with Crippen LogP contribution >= 0.6 is 23.8 Å². The van der Waals surface area contributed by atoms with Crippen molar-refractivity contribution in [2.75, 3.05) is 20.1 Å². The molecule has 0 amide bonds. The van der Waals surface area contributed by atoms with Crippen LogP contribution in [0.5, 0.6) is 0 Å². The summed E-state index contributed by atoms with van der Waals surface area (Å²) in [7, 11) is 2.17. The fraction of sp³-hybridized carbons (Fsp3) is 0.533. The van der Waals surface area contributed by atoms with Crippen LogP contribution in [0.2, 0.25) is 5.02 Å². The van der Waals surface area contributed by atoms with Gasteiger partial charge in [0.05, 0.1) is 16.1 Å². The van der Waals surface area contributed by atoms with Gasteiger partial charge in [0.15, 0.2) is 4.77 Å². The van der Waals surface area contributed by atoms with E-state index < -0.39 is 5.82 Å². The first-order valence-electron chi connectivity index (χ1n) is 7.30. The molecule has 0 saturated carbocycles. The molecule has 0 unspecified atom stereocenters. The van der Waals surface area contributed by atoms with Crippen LogP contribution in [0.15, 0.2) is 12.1 Å². The zero-order chi connectivity index (χ0) is 15.0. The molecule has 114 valence electrons. The molecule has 1 aliphatic rings. The molecule has 0 atom stereocenters. The summed E-state index contributed by atoms with van der Waals surface area (Å²) in [4.78, 5) is 5.47. The molecule has 1 saturated heterocycles. The van der Waals surface area contributed by atoms with E-state index in [1.165, 1.54) is 18.9 Å². The van der Waals surface area contributed by atoms with Gasteiger partial charge in [0.25, 0.3) is 0 Å². The van der Waals surface area contributed by atoms with Gasteiger partial charge in [-0.05, 0) is 63.6 Å². The predicted molar refractivity (Wildman–Crippen MR) is 86.9 cm³/mol. The van der Waals surface area contributed by atoms with Crippen molar-refractivity contribution < 1.29 is 4.39 Å². The molecule has 1 fully saturated rings. The summed E-state index contributed by atoms with van der Waals surface area (Å²) < 4.78 is 16.3. The number of aryl methyl sites for hydroxylation is 1. The summed E-state index contributed by atoms with van der Waals surface area (Å²) in [6, 6.07) is 3.08. The van der Waals surface area contributed by atoms with Crippen LogP contribution in [0, 0.1) is 16.5 Å². The van der Waals surface area contributed by atoms with Crippen molar-refractivity contribution >= 4 is 34.9 Å². The Hall–Kier alpha value is -0.910. The molecule has 3 nitrogen and oxygen atoms in total. The third-order valence-electron chi connectivity index (χ3n) is 4.42. The van der Waals surface area contributed by atoms with Crippen LogP contribution in [-0.4, -0.2) is 34.6 Å². The number of imidazole rings is 1. The lowest BCUT2D eigenvalue weighted by atomic mass is 9.94. The van der Waals surface area contributed by atoms with E-state index in [2.05, 4.69) is 16.9 Å². The lowest BCUT2D eigenvalue weighted by molar-refractivity contribution is 0.208. The number of rotatable bonds is 3. The Kier molecular flexibility index (Phi) is 4.33. The molecule has 6 heteroatoms. The molecule has 0 aliphatic carbocycles. The average molecular weight is 328 g/mol. The lowest BCUT2D eigenvalue weighted by Gasteiger charge is -2.28. The molecular formula is C15H19ClFN3S. The Morgan fingerprint density at radius 3 is 2.81 bits per heavy atom. The maximum absolute atomic E-state index is 13.7. The van der Waals surface area contributed by atoms with Gasteiger partial charge in [0.1, 0.15) is 5.82 Å². The molecule has 0 bridgehead atoms. The fourth-order valence-electron chi connectivity index (χ4n) is 3.04. The van der Waals surface area contributed by atoms with Gasteiger partial charge in [-0.3, -0.25) is 0 Å². The van der Waals surface area contributed by atoms with Crippen LogP contribution in [-0.2, 0) is 6.54 Å². The maximum atomic E-state index is 13.7. The maximum Gasteiger partial charge on any atom is 0.178 e. The van der Waals surface area contributed by atoms with Crippen LogP contribution in [0.4, 0.5) is 4.39 Å². The molecular weight excluding hydrogens is 309 g/mol. The number of benzene rings is 1.